The molecule has 0 rings (SSSR count). The second-order valence-corrected chi connectivity index (χ2v) is 7.29. The number of nitrogens with two attached hydrogens (primary N) is 3. The number of nitrogens with one attached hydrogen (secondary N) is 3. The van der Waals surface area contributed by atoms with E-state index in [0.29, 0.717) is 19.4 Å². The molecule has 0 spiro atoms. The van der Waals surface area contributed by atoms with Crippen LogP contribution in [-0.2, 0) is 24.0 Å². The molecule has 14 heteroatoms. The number of hydrogen-bond acceptors (Lipinski definition) is 9. The van der Waals surface area contributed by atoms with Gasteiger partial charge in [0.25, 0.3) is 0 Å². The maximum Gasteiger partial charge on any atom is 0.327 e. The number of aliphatic carboxylic acids is 1. The third kappa shape index (κ3) is 11.0. The zero-order valence-corrected chi connectivity index (χ0v) is 18.1. The Morgan fingerprint density at radius 1 is 0.935 bits per heavy atom. The first-order valence-corrected chi connectivity index (χ1v) is 10.2. The summed E-state index contributed by atoms with van der Waals surface area (Å²) < 4.78 is 0. The number of carboxylic acids is 1. The molecule has 0 aliphatic carbocycles. The number of thiol groups is 1. The van der Waals surface area contributed by atoms with Gasteiger partial charge in [-0.25, -0.2) is 4.79 Å². The van der Waals surface area contributed by atoms with Crippen molar-refractivity contribution in [1.29, 1.82) is 0 Å². The molecule has 0 aliphatic heterocycles. The number of hydrogen-bond donors (Lipinski definition) is 9. The van der Waals surface area contributed by atoms with Gasteiger partial charge < -0.3 is 43.4 Å². The Labute approximate surface area is 185 Å². The summed E-state index contributed by atoms with van der Waals surface area (Å²) in [5.41, 5.74) is 16.1. The van der Waals surface area contributed by atoms with Crippen LogP contribution < -0.4 is 33.2 Å². The van der Waals surface area contributed by atoms with Crippen molar-refractivity contribution >= 4 is 42.2 Å². The highest BCUT2D eigenvalue weighted by Crippen LogP contribution is 2.04. The van der Waals surface area contributed by atoms with Crippen LogP contribution in [0.25, 0.3) is 0 Å². The summed E-state index contributed by atoms with van der Waals surface area (Å²) >= 11 is 3.87. The zero-order chi connectivity index (χ0) is 24.1. The van der Waals surface area contributed by atoms with Crippen LogP contribution in [0.4, 0.5) is 0 Å². The van der Waals surface area contributed by atoms with Gasteiger partial charge in [0.15, 0.2) is 0 Å². The molecule has 5 atom stereocenters. The molecule has 0 aromatic heterocycles. The number of amides is 4. The minimum absolute atomic E-state index is 0.123. The van der Waals surface area contributed by atoms with Crippen molar-refractivity contribution in [3.05, 3.63) is 0 Å². The zero-order valence-electron chi connectivity index (χ0n) is 17.2. The molecule has 13 nitrogen and oxygen atoms in total. The van der Waals surface area contributed by atoms with E-state index in [-0.39, 0.29) is 12.2 Å². The predicted molar refractivity (Wildman–Crippen MR) is 114 cm³/mol. The van der Waals surface area contributed by atoms with Crippen LogP contribution in [0.2, 0.25) is 0 Å². The number of primary amides is 1. The van der Waals surface area contributed by atoms with E-state index in [1.54, 1.807) is 0 Å². The second-order valence-electron chi connectivity index (χ2n) is 6.93. The van der Waals surface area contributed by atoms with E-state index in [1.807, 2.05) is 0 Å². The normalized spacial score (nSPS) is 15.6. The largest absolute Gasteiger partial charge is 0.480 e. The fourth-order valence-electron chi connectivity index (χ4n) is 2.39. The van der Waals surface area contributed by atoms with E-state index >= 15 is 0 Å². The molecule has 0 saturated heterocycles. The second kappa shape index (κ2) is 14.6. The van der Waals surface area contributed by atoms with E-state index < -0.39 is 66.3 Å². The highest BCUT2D eigenvalue weighted by atomic mass is 32.1. The van der Waals surface area contributed by atoms with E-state index in [1.165, 1.54) is 6.92 Å². The Morgan fingerprint density at radius 3 is 1.90 bits per heavy atom. The van der Waals surface area contributed by atoms with Gasteiger partial charge >= 0.3 is 5.97 Å². The SMILES string of the molecule is CC(O)C(N)C(=O)NC(CC(N)=O)C(=O)NC(CCCCN)C(=O)NC(CS)C(=O)O. The van der Waals surface area contributed by atoms with E-state index in [4.69, 9.17) is 22.3 Å². The number of unbranched alkanes of at least 4 members (excludes halogenated alkanes) is 1. The first-order chi connectivity index (χ1) is 14.4. The van der Waals surface area contributed by atoms with Crippen LogP contribution in [0.15, 0.2) is 0 Å². The van der Waals surface area contributed by atoms with Gasteiger partial charge in [0.2, 0.25) is 23.6 Å². The number of aliphatic hydroxyl groups is 1. The summed E-state index contributed by atoms with van der Waals surface area (Å²) in [5, 5.41) is 25.4. The molecular weight excluding hydrogens is 432 g/mol. The lowest BCUT2D eigenvalue weighted by atomic mass is 10.1. The molecule has 178 valence electrons. The first-order valence-electron chi connectivity index (χ1n) is 9.61. The maximum atomic E-state index is 12.7. The number of carbonyl (C=O) groups excluding carboxylic acids is 4. The molecule has 0 aliphatic rings. The summed E-state index contributed by atoms with van der Waals surface area (Å²) in [6, 6.07) is -5.27. The molecule has 0 heterocycles. The Balaban J connectivity index is 5.44. The smallest absolute Gasteiger partial charge is 0.327 e. The fraction of sp³-hybridized carbons (Fsp3) is 0.706. The number of carbonyl (C=O) groups is 5. The van der Waals surface area contributed by atoms with Crippen LogP contribution in [0, 0.1) is 0 Å². The van der Waals surface area contributed by atoms with Crippen LogP contribution in [0.5, 0.6) is 0 Å². The van der Waals surface area contributed by atoms with Crippen molar-refractivity contribution in [2.24, 2.45) is 17.2 Å². The standard InChI is InChI=1S/C17H32N6O7S/c1-8(24)13(20)16(28)22-10(6-12(19)25)15(27)21-9(4-2-3-5-18)14(26)23-11(7-31)17(29)30/h8-11,13,24,31H,2-7,18,20H2,1H3,(H2,19,25)(H,21,27)(H,22,28)(H,23,26)(H,29,30). The molecule has 31 heavy (non-hydrogen) atoms. The van der Waals surface area contributed by atoms with Gasteiger partial charge in [-0.05, 0) is 32.7 Å². The number of rotatable bonds is 15. The first kappa shape index (κ1) is 28.6. The lowest BCUT2D eigenvalue weighted by Gasteiger charge is -2.25. The Hall–Kier alpha value is -2.42. The molecule has 4 amide bonds. The van der Waals surface area contributed by atoms with Gasteiger partial charge in [-0.3, -0.25) is 19.2 Å². The monoisotopic (exact) mass is 464 g/mol. The third-order valence-electron chi connectivity index (χ3n) is 4.24. The molecule has 11 N–H and O–H groups in total. The van der Waals surface area contributed by atoms with E-state index in [0.717, 1.165) is 0 Å². The van der Waals surface area contributed by atoms with Crippen LogP contribution in [0.1, 0.15) is 32.6 Å². The number of aliphatic hydroxyl groups excluding tert-OH is 1. The van der Waals surface area contributed by atoms with Crippen molar-refractivity contribution in [2.45, 2.75) is 62.9 Å². The molecule has 0 aromatic rings. The van der Waals surface area contributed by atoms with Crippen molar-refractivity contribution in [1.82, 2.24) is 16.0 Å². The molecule has 0 bridgehead atoms. The minimum atomic E-state index is -1.46. The highest BCUT2D eigenvalue weighted by Gasteiger charge is 2.31. The van der Waals surface area contributed by atoms with Crippen molar-refractivity contribution in [2.75, 3.05) is 12.3 Å². The third-order valence-corrected chi connectivity index (χ3v) is 4.60. The fourth-order valence-corrected chi connectivity index (χ4v) is 2.64. The molecule has 0 aromatic carbocycles. The molecule has 0 saturated carbocycles. The summed E-state index contributed by atoms with van der Waals surface area (Å²) in [7, 11) is 0. The van der Waals surface area contributed by atoms with Gasteiger partial charge in [-0.2, -0.15) is 12.6 Å². The average Bonchev–Trinajstić information content (AvgIpc) is 2.69. The Morgan fingerprint density at radius 2 is 1.45 bits per heavy atom. The van der Waals surface area contributed by atoms with Crippen LogP contribution >= 0.6 is 12.6 Å². The van der Waals surface area contributed by atoms with Crippen molar-refractivity contribution in [3.63, 3.8) is 0 Å². The topological polar surface area (TPSA) is 240 Å². The average molecular weight is 465 g/mol. The Bertz CT molecular complexity index is 648. The summed E-state index contributed by atoms with van der Waals surface area (Å²) in [4.78, 5) is 59.7. The van der Waals surface area contributed by atoms with Gasteiger partial charge in [0.05, 0.1) is 12.5 Å². The Kier molecular flexibility index (Phi) is 13.4. The molecular formula is C17H32N6O7S. The van der Waals surface area contributed by atoms with Crippen molar-refractivity contribution in [3.8, 4) is 0 Å². The van der Waals surface area contributed by atoms with Crippen LogP contribution in [0.3, 0.4) is 0 Å². The predicted octanol–water partition coefficient (Wildman–Crippen LogP) is -3.83. The summed E-state index contributed by atoms with van der Waals surface area (Å²) in [6.45, 7) is 1.61. The van der Waals surface area contributed by atoms with Crippen molar-refractivity contribution < 1.29 is 34.2 Å². The molecule has 0 fully saturated rings. The van der Waals surface area contributed by atoms with E-state index in [2.05, 4.69) is 28.6 Å². The maximum absolute atomic E-state index is 12.7. The van der Waals surface area contributed by atoms with Gasteiger partial charge in [0.1, 0.15) is 24.2 Å². The summed E-state index contributed by atoms with van der Waals surface area (Å²) in [6.07, 6.45) is -0.707. The molecule has 5 unspecified atom stereocenters. The highest BCUT2D eigenvalue weighted by molar-refractivity contribution is 7.80. The molecule has 0 radical (unpaired) electrons. The minimum Gasteiger partial charge on any atom is -0.480 e. The quantitative estimate of drug-likeness (QED) is 0.0850. The van der Waals surface area contributed by atoms with Gasteiger partial charge in [-0.1, -0.05) is 0 Å². The lowest BCUT2D eigenvalue weighted by Crippen LogP contribution is -2.58. The summed E-state index contributed by atoms with van der Waals surface area (Å²) in [5.74, 6) is -4.98. The van der Waals surface area contributed by atoms with Gasteiger partial charge in [-0.15, -0.1) is 0 Å². The van der Waals surface area contributed by atoms with E-state index in [9.17, 15) is 29.1 Å². The lowest BCUT2D eigenvalue weighted by molar-refractivity contribution is -0.141. The van der Waals surface area contributed by atoms with Crippen LogP contribution in [-0.4, -0.2) is 82.4 Å². The van der Waals surface area contributed by atoms with Gasteiger partial charge in [0, 0.05) is 5.75 Å². The number of carboxylic acid groups (broad SMARTS) is 1.